The zero-order chi connectivity index (χ0) is 14.0. The van der Waals surface area contributed by atoms with Gasteiger partial charge in [-0.05, 0) is 53.9 Å². The first-order valence-electron chi connectivity index (χ1n) is 6.38. The lowest BCUT2D eigenvalue weighted by Crippen LogP contribution is -2.42. The van der Waals surface area contributed by atoms with Crippen LogP contribution in [0.3, 0.4) is 0 Å². The minimum absolute atomic E-state index is 0.199. The summed E-state index contributed by atoms with van der Waals surface area (Å²) in [5.41, 5.74) is 0.903. The SMILES string of the molecule is CC1CC(C(=O)O)CCN1Cc1cccc(F)c1Br. The molecular weight excluding hydrogens is 313 g/mol. The quantitative estimate of drug-likeness (QED) is 0.925. The van der Waals surface area contributed by atoms with Crippen LogP contribution in [0, 0.1) is 11.7 Å². The fourth-order valence-corrected chi connectivity index (χ4v) is 2.96. The van der Waals surface area contributed by atoms with Crippen LogP contribution in [0.25, 0.3) is 0 Å². The van der Waals surface area contributed by atoms with E-state index in [0.29, 0.717) is 23.9 Å². The molecule has 1 aliphatic heterocycles. The number of rotatable bonds is 3. The summed E-state index contributed by atoms with van der Waals surface area (Å²) in [6, 6.07) is 5.21. The molecule has 0 aromatic heterocycles. The first-order chi connectivity index (χ1) is 8.99. The highest BCUT2D eigenvalue weighted by Gasteiger charge is 2.29. The van der Waals surface area contributed by atoms with Crippen molar-refractivity contribution in [2.24, 2.45) is 5.92 Å². The molecule has 2 atom stereocenters. The van der Waals surface area contributed by atoms with Gasteiger partial charge in [-0.15, -0.1) is 0 Å². The van der Waals surface area contributed by atoms with Gasteiger partial charge in [0.2, 0.25) is 0 Å². The maximum absolute atomic E-state index is 13.5. The molecule has 1 saturated heterocycles. The second kappa shape index (κ2) is 6.01. The lowest BCUT2D eigenvalue weighted by molar-refractivity contribution is -0.144. The lowest BCUT2D eigenvalue weighted by atomic mass is 9.91. The smallest absolute Gasteiger partial charge is 0.306 e. The van der Waals surface area contributed by atoms with Crippen LogP contribution in [0.5, 0.6) is 0 Å². The fraction of sp³-hybridized carbons (Fsp3) is 0.500. The summed E-state index contributed by atoms with van der Waals surface area (Å²) >= 11 is 3.27. The first kappa shape index (κ1) is 14.5. The molecule has 3 nitrogen and oxygen atoms in total. The van der Waals surface area contributed by atoms with Crippen molar-refractivity contribution in [1.82, 2.24) is 4.90 Å². The van der Waals surface area contributed by atoms with Gasteiger partial charge < -0.3 is 5.11 Å². The molecule has 1 aromatic rings. The van der Waals surface area contributed by atoms with Crippen molar-refractivity contribution in [2.75, 3.05) is 6.54 Å². The molecule has 1 aliphatic rings. The maximum Gasteiger partial charge on any atom is 0.306 e. The number of carboxylic acid groups (broad SMARTS) is 1. The zero-order valence-corrected chi connectivity index (χ0v) is 12.4. The van der Waals surface area contributed by atoms with Crippen molar-refractivity contribution in [3.63, 3.8) is 0 Å². The van der Waals surface area contributed by atoms with E-state index < -0.39 is 5.97 Å². The van der Waals surface area contributed by atoms with Gasteiger partial charge in [-0.2, -0.15) is 0 Å². The molecular formula is C14H17BrFNO2. The van der Waals surface area contributed by atoms with Gasteiger partial charge in [0.25, 0.3) is 0 Å². The molecule has 1 N–H and O–H groups in total. The topological polar surface area (TPSA) is 40.5 Å². The van der Waals surface area contributed by atoms with E-state index in [1.807, 2.05) is 13.0 Å². The Balaban J connectivity index is 2.04. The summed E-state index contributed by atoms with van der Waals surface area (Å²) in [7, 11) is 0. The van der Waals surface area contributed by atoms with Crippen LogP contribution in [0.15, 0.2) is 22.7 Å². The molecule has 0 saturated carbocycles. The summed E-state index contributed by atoms with van der Waals surface area (Å²) < 4.78 is 14.0. The summed E-state index contributed by atoms with van der Waals surface area (Å²) in [6.45, 7) is 3.41. The Morgan fingerprint density at radius 3 is 2.95 bits per heavy atom. The van der Waals surface area contributed by atoms with E-state index in [4.69, 9.17) is 5.11 Å². The molecule has 0 amide bonds. The summed E-state index contributed by atoms with van der Waals surface area (Å²) in [5.74, 6) is -1.22. The zero-order valence-electron chi connectivity index (χ0n) is 10.8. The van der Waals surface area contributed by atoms with Crippen LogP contribution < -0.4 is 0 Å². The predicted octanol–water partition coefficient (Wildman–Crippen LogP) is 3.27. The molecule has 0 aliphatic carbocycles. The molecule has 2 unspecified atom stereocenters. The fourth-order valence-electron chi connectivity index (χ4n) is 2.57. The maximum atomic E-state index is 13.5. The molecule has 0 radical (unpaired) electrons. The minimum atomic E-state index is -0.710. The largest absolute Gasteiger partial charge is 0.481 e. The van der Waals surface area contributed by atoms with Crippen LogP contribution in [-0.4, -0.2) is 28.6 Å². The Bertz CT molecular complexity index is 481. The highest BCUT2D eigenvalue weighted by atomic mass is 79.9. The highest BCUT2D eigenvalue weighted by Crippen LogP contribution is 2.27. The van der Waals surface area contributed by atoms with Crippen molar-refractivity contribution < 1.29 is 14.3 Å². The monoisotopic (exact) mass is 329 g/mol. The molecule has 0 spiro atoms. The third kappa shape index (κ3) is 3.34. The molecule has 0 bridgehead atoms. The Morgan fingerprint density at radius 2 is 2.32 bits per heavy atom. The highest BCUT2D eigenvalue weighted by molar-refractivity contribution is 9.10. The first-order valence-corrected chi connectivity index (χ1v) is 7.18. The van der Waals surface area contributed by atoms with E-state index in [1.54, 1.807) is 6.07 Å². The van der Waals surface area contributed by atoms with E-state index in [2.05, 4.69) is 20.8 Å². The Morgan fingerprint density at radius 1 is 1.58 bits per heavy atom. The Labute approximate surface area is 120 Å². The van der Waals surface area contributed by atoms with Gasteiger partial charge in [0.15, 0.2) is 0 Å². The van der Waals surface area contributed by atoms with Crippen LogP contribution in [0.2, 0.25) is 0 Å². The number of hydrogen-bond donors (Lipinski definition) is 1. The number of piperidine rings is 1. The van der Waals surface area contributed by atoms with Gasteiger partial charge in [-0.3, -0.25) is 9.69 Å². The lowest BCUT2D eigenvalue weighted by Gasteiger charge is -2.36. The third-order valence-corrected chi connectivity index (χ3v) is 4.66. The van der Waals surface area contributed by atoms with Gasteiger partial charge in [0.1, 0.15) is 5.82 Å². The van der Waals surface area contributed by atoms with Crippen LogP contribution >= 0.6 is 15.9 Å². The average Bonchev–Trinajstić information content (AvgIpc) is 2.37. The number of benzene rings is 1. The number of hydrogen-bond acceptors (Lipinski definition) is 2. The molecule has 1 fully saturated rings. The molecule has 5 heteroatoms. The van der Waals surface area contributed by atoms with Crippen LogP contribution in [-0.2, 0) is 11.3 Å². The number of nitrogens with zero attached hydrogens (tertiary/aromatic N) is 1. The number of halogens is 2. The summed E-state index contributed by atoms with van der Waals surface area (Å²) in [4.78, 5) is 13.2. The van der Waals surface area contributed by atoms with Crippen molar-refractivity contribution in [1.29, 1.82) is 0 Å². The molecule has 2 rings (SSSR count). The van der Waals surface area contributed by atoms with E-state index in [9.17, 15) is 9.18 Å². The van der Waals surface area contributed by atoms with Crippen LogP contribution in [0.4, 0.5) is 4.39 Å². The predicted molar refractivity (Wildman–Crippen MR) is 74.3 cm³/mol. The van der Waals surface area contributed by atoms with Gasteiger partial charge in [0.05, 0.1) is 10.4 Å². The Hall–Kier alpha value is -0.940. The second-order valence-corrected chi connectivity index (χ2v) is 5.88. The van der Waals surface area contributed by atoms with Gasteiger partial charge >= 0.3 is 5.97 Å². The van der Waals surface area contributed by atoms with Gasteiger partial charge in [0, 0.05) is 12.6 Å². The number of carbonyl (C=O) groups is 1. The van der Waals surface area contributed by atoms with Crippen LogP contribution in [0.1, 0.15) is 25.3 Å². The minimum Gasteiger partial charge on any atom is -0.481 e. The summed E-state index contributed by atoms with van der Waals surface area (Å²) in [6.07, 6.45) is 1.31. The number of carboxylic acids is 1. The van der Waals surface area contributed by atoms with Gasteiger partial charge in [-0.25, -0.2) is 4.39 Å². The normalized spacial score (nSPS) is 24.4. The van der Waals surface area contributed by atoms with Crippen molar-refractivity contribution in [3.8, 4) is 0 Å². The van der Waals surface area contributed by atoms with Crippen molar-refractivity contribution in [3.05, 3.63) is 34.1 Å². The molecule has 1 aromatic carbocycles. The Kier molecular flexibility index (Phi) is 4.58. The van der Waals surface area contributed by atoms with Crippen molar-refractivity contribution >= 4 is 21.9 Å². The molecule has 19 heavy (non-hydrogen) atoms. The standard InChI is InChI=1S/C14H17BrFNO2/c1-9-7-10(14(18)19)5-6-17(9)8-11-3-2-4-12(16)13(11)15/h2-4,9-10H,5-8H2,1H3,(H,18,19). The van der Waals surface area contributed by atoms with E-state index in [-0.39, 0.29) is 17.8 Å². The average molecular weight is 330 g/mol. The van der Waals surface area contributed by atoms with Crippen molar-refractivity contribution in [2.45, 2.75) is 32.4 Å². The summed E-state index contributed by atoms with van der Waals surface area (Å²) in [5, 5.41) is 9.04. The number of aliphatic carboxylic acids is 1. The molecule has 104 valence electrons. The van der Waals surface area contributed by atoms with E-state index in [1.165, 1.54) is 6.07 Å². The van der Waals surface area contributed by atoms with E-state index >= 15 is 0 Å². The number of likely N-dealkylation sites (tertiary alicyclic amines) is 1. The van der Waals surface area contributed by atoms with E-state index in [0.717, 1.165) is 12.1 Å². The second-order valence-electron chi connectivity index (χ2n) is 5.09. The van der Waals surface area contributed by atoms with Gasteiger partial charge in [-0.1, -0.05) is 12.1 Å². The molecule has 1 heterocycles. The third-order valence-electron chi connectivity index (χ3n) is 3.77.